The summed E-state index contributed by atoms with van der Waals surface area (Å²) in [5, 5.41) is 6.16. The summed E-state index contributed by atoms with van der Waals surface area (Å²) in [6, 6.07) is 0. The van der Waals surface area contributed by atoms with E-state index in [9.17, 15) is 17.1 Å². The van der Waals surface area contributed by atoms with E-state index in [1.807, 2.05) is 0 Å². The van der Waals surface area contributed by atoms with Crippen LogP contribution in [0.2, 0.25) is 0 Å². The molecule has 2 rings (SSSR count). The first kappa shape index (κ1) is 12.8. The molecule has 0 radical (unpaired) electrons. The highest BCUT2D eigenvalue weighted by Crippen LogP contribution is 2.23. The monoisotopic (exact) mass is 274 g/mol. The van der Waals surface area contributed by atoms with Gasteiger partial charge < -0.3 is 0 Å². The number of hydrogen-bond donors (Lipinski definition) is 0. The molecule has 1 aromatic heterocycles. The van der Waals surface area contributed by atoms with Crippen molar-refractivity contribution in [2.24, 2.45) is 0 Å². The molecule has 1 aliphatic rings. The molecule has 98 valence electrons. The molecule has 18 heavy (non-hydrogen) atoms. The molecule has 0 spiro atoms. The Morgan fingerprint density at radius 3 is 2.44 bits per heavy atom. The summed E-state index contributed by atoms with van der Waals surface area (Å²) in [6.07, 6.45) is -0.394. The molecule has 1 saturated heterocycles. The standard InChI is InChI=1S/C9H11FN4O3S/c1-5-6(2)12-13-9(11-5)14-4-7(3-8(14)15)18(10,16)17/h7H,3-4H2,1-2H3. The van der Waals surface area contributed by atoms with E-state index in [1.165, 1.54) is 0 Å². The van der Waals surface area contributed by atoms with Crippen LogP contribution in [0.5, 0.6) is 0 Å². The van der Waals surface area contributed by atoms with Crippen LogP contribution < -0.4 is 4.90 Å². The first-order chi connectivity index (χ1) is 8.29. The van der Waals surface area contributed by atoms with Crippen LogP contribution in [0.3, 0.4) is 0 Å². The van der Waals surface area contributed by atoms with Crippen molar-refractivity contribution in [2.45, 2.75) is 25.5 Å². The van der Waals surface area contributed by atoms with Crippen molar-refractivity contribution < 1.29 is 17.1 Å². The van der Waals surface area contributed by atoms with Crippen LogP contribution in [0, 0.1) is 13.8 Å². The molecule has 1 unspecified atom stereocenters. The largest absolute Gasteiger partial charge is 0.307 e. The molecule has 1 amide bonds. The van der Waals surface area contributed by atoms with Gasteiger partial charge in [0.2, 0.25) is 5.91 Å². The maximum absolute atomic E-state index is 12.8. The summed E-state index contributed by atoms with van der Waals surface area (Å²) in [5.74, 6) is -0.513. The van der Waals surface area contributed by atoms with Crippen LogP contribution in [0.15, 0.2) is 0 Å². The first-order valence-electron chi connectivity index (χ1n) is 5.21. The van der Waals surface area contributed by atoms with E-state index in [1.54, 1.807) is 13.8 Å². The summed E-state index contributed by atoms with van der Waals surface area (Å²) in [7, 11) is -4.73. The van der Waals surface area contributed by atoms with Gasteiger partial charge in [0, 0.05) is 13.0 Å². The molecule has 9 heteroatoms. The van der Waals surface area contributed by atoms with Gasteiger partial charge in [-0.05, 0) is 13.8 Å². The van der Waals surface area contributed by atoms with Gasteiger partial charge in [-0.2, -0.15) is 13.5 Å². The smallest absolute Gasteiger partial charge is 0.278 e. The fourth-order valence-corrected chi connectivity index (χ4v) is 2.29. The van der Waals surface area contributed by atoms with Gasteiger partial charge in [-0.15, -0.1) is 8.98 Å². The maximum atomic E-state index is 12.8. The Morgan fingerprint density at radius 1 is 1.28 bits per heavy atom. The van der Waals surface area contributed by atoms with Crippen molar-refractivity contribution in [3.05, 3.63) is 11.4 Å². The van der Waals surface area contributed by atoms with E-state index in [4.69, 9.17) is 0 Å². The average molecular weight is 274 g/mol. The Morgan fingerprint density at radius 2 is 1.94 bits per heavy atom. The van der Waals surface area contributed by atoms with Gasteiger partial charge in [0.15, 0.2) is 0 Å². The summed E-state index contributed by atoms with van der Waals surface area (Å²) < 4.78 is 34.4. The number of amides is 1. The SMILES string of the molecule is Cc1nnc(N2CC(S(=O)(=O)F)CC2=O)nc1C. The Kier molecular flexibility index (Phi) is 3.01. The second-order valence-electron chi connectivity index (χ2n) is 4.09. The number of halogens is 1. The van der Waals surface area contributed by atoms with Gasteiger partial charge in [0.05, 0.1) is 11.4 Å². The number of nitrogens with zero attached hydrogens (tertiary/aromatic N) is 4. The van der Waals surface area contributed by atoms with Crippen molar-refractivity contribution in [2.75, 3.05) is 11.4 Å². The van der Waals surface area contributed by atoms with Gasteiger partial charge in [-0.25, -0.2) is 4.98 Å². The van der Waals surface area contributed by atoms with Crippen LogP contribution in [-0.4, -0.2) is 41.3 Å². The predicted octanol–water partition coefficient (Wildman–Crippen LogP) is -0.107. The highest BCUT2D eigenvalue weighted by Gasteiger charge is 2.40. The van der Waals surface area contributed by atoms with Crippen LogP contribution in [0.25, 0.3) is 0 Å². The van der Waals surface area contributed by atoms with Crippen LogP contribution in [0.1, 0.15) is 17.8 Å². The maximum Gasteiger partial charge on any atom is 0.307 e. The minimum atomic E-state index is -4.73. The molecule has 1 atom stereocenters. The van der Waals surface area contributed by atoms with Gasteiger partial charge in [0.1, 0.15) is 5.25 Å². The summed E-state index contributed by atoms with van der Waals surface area (Å²) in [4.78, 5) is 16.7. The Balaban J connectivity index is 2.30. The lowest BCUT2D eigenvalue weighted by atomic mass is 10.4. The molecule has 1 fully saturated rings. The van der Waals surface area contributed by atoms with Crippen molar-refractivity contribution >= 4 is 22.1 Å². The fraction of sp³-hybridized carbons (Fsp3) is 0.556. The Hall–Kier alpha value is -1.64. The van der Waals surface area contributed by atoms with E-state index in [0.717, 1.165) is 4.90 Å². The Bertz CT molecular complexity index is 604. The lowest BCUT2D eigenvalue weighted by Crippen LogP contribution is -2.29. The minimum absolute atomic E-state index is 0.00856. The quantitative estimate of drug-likeness (QED) is 0.699. The highest BCUT2D eigenvalue weighted by molar-refractivity contribution is 7.87. The number of rotatable bonds is 2. The summed E-state index contributed by atoms with van der Waals surface area (Å²) in [6.45, 7) is 3.12. The van der Waals surface area contributed by atoms with Crippen LogP contribution in [0.4, 0.5) is 9.83 Å². The zero-order valence-electron chi connectivity index (χ0n) is 9.79. The number of hydrogen-bond acceptors (Lipinski definition) is 6. The molecule has 0 bridgehead atoms. The van der Waals surface area contributed by atoms with E-state index >= 15 is 0 Å². The van der Waals surface area contributed by atoms with Gasteiger partial charge in [-0.3, -0.25) is 9.69 Å². The second-order valence-corrected chi connectivity index (χ2v) is 5.71. The highest BCUT2D eigenvalue weighted by atomic mass is 32.3. The molecule has 1 aromatic rings. The number of anilines is 1. The lowest BCUT2D eigenvalue weighted by Gasteiger charge is -2.13. The number of aromatic nitrogens is 3. The van der Waals surface area contributed by atoms with Gasteiger partial charge in [-0.1, -0.05) is 0 Å². The third-order valence-electron chi connectivity index (χ3n) is 2.81. The minimum Gasteiger partial charge on any atom is -0.278 e. The molecular weight excluding hydrogens is 263 g/mol. The molecule has 0 aromatic carbocycles. The molecule has 0 N–H and O–H groups in total. The lowest BCUT2D eigenvalue weighted by molar-refractivity contribution is -0.117. The zero-order chi connectivity index (χ0) is 13.5. The third-order valence-corrected chi connectivity index (χ3v) is 3.92. The number of aryl methyl sites for hydroxylation is 2. The predicted molar refractivity (Wildman–Crippen MR) is 60.1 cm³/mol. The van der Waals surface area contributed by atoms with E-state index < -0.39 is 27.8 Å². The molecular formula is C9H11FN4O3S. The molecule has 0 aliphatic carbocycles. The average Bonchev–Trinajstić information content (AvgIpc) is 2.64. The normalized spacial score (nSPS) is 20.5. The van der Waals surface area contributed by atoms with Crippen LogP contribution >= 0.6 is 0 Å². The van der Waals surface area contributed by atoms with E-state index in [-0.39, 0.29) is 12.5 Å². The van der Waals surface area contributed by atoms with Crippen molar-refractivity contribution in [3.63, 3.8) is 0 Å². The molecule has 1 aliphatic heterocycles. The Labute approximate surface area is 103 Å². The molecule has 2 heterocycles. The van der Waals surface area contributed by atoms with E-state index in [0.29, 0.717) is 11.4 Å². The topological polar surface area (TPSA) is 93.1 Å². The molecule has 7 nitrogen and oxygen atoms in total. The number of carbonyl (C=O) groups excluding carboxylic acids is 1. The van der Waals surface area contributed by atoms with Crippen molar-refractivity contribution in [1.82, 2.24) is 15.2 Å². The fourth-order valence-electron chi connectivity index (χ4n) is 1.62. The second kappa shape index (κ2) is 4.23. The van der Waals surface area contributed by atoms with Gasteiger partial charge >= 0.3 is 10.2 Å². The molecule has 0 saturated carbocycles. The summed E-state index contributed by atoms with van der Waals surface area (Å²) >= 11 is 0. The summed E-state index contributed by atoms with van der Waals surface area (Å²) in [5.41, 5.74) is 1.19. The van der Waals surface area contributed by atoms with Crippen molar-refractivity contribution in [1.29, 1.82) is 0 Å². The van der Waals surface area contributed by atoms with E-state index in [2.05, 4.69) is 15.2 Å². The zero-order valence-corrected chi connectivity index (χ0v) is 10.6. The third kappa shape index (κ3) is 2.30. The van der Waals surface area contributed by atoms with Gasteiger partial charge in [0.25, 0.3) is 5.95 Å². The van der Waals surface area contributed by atoms with Crippen LogP contribution in [-0.2, 0) is 15.0 Å². The van der Waals surface area contributed by atoms with Crippen molar-refractivity contribution in [3.8, 4) is 0 Å². The number of carbonyl (C=O) groups is 1. The first-order valence-corrected chi connectivity index (χ1v) is 6.65.